The molecule has 4 aromatic carbocycles. The van der Waals surface area contributed by atoms with Crippen LogP contribution in [0.2, 0.25) is 15.1 Å². The molecule has 1 saturated carbocycles. The molecule has 0 radical (unpaired) electrons. The van der Waals surface area contributed by atoms with Gasteiger partial charge < -0.3 is 10.2 Å². The summed E-state index contributed by atoms with van der Waals surface area (Å²) in [5, 5.41) is 4.31. The maximum Gasteiger partial charge on any atom is 0.264 e. The first-order valence-electron chi connectivity index (χ1n) is 16.4. The number of nitrogens with zero attached hydrogens (tertiary/aromatic N) is 2. The van der Waals surface area contributed by atoms with E-state index in [9.17, 15) is 18.0 Å². The third-order valence-electron chi connectivity index (χ3n) is 8.91. The third kappa shape index (κ3) is 9.37. The van der Waals surface area contributed by atoms with Gasteiger partial charge in [-0.3, -0.25) is 13.9 Å². The van der Waals surface area contributed by atoms with Crippen molar-refractivity contribution in [3.05, 3.63) is 128 Å². The molecule has 0 aliphatic heterocycles. The first-order valence-corrected chi connectivity index (χ1v) is 18.9. The molecule has 5 rings (SSSR count). The van der Waals surface area contributed by atoms with Crippen LogP contribution in [-0.4, -0.2) is 43.8 Å². The molecule has 0 spiro atoms. The predicted octanol–water partition coefficient (Wildman–Crippen LogP) is 8.55. The van der Waals surface area contributed by atoms with Gasteiger partial charge in [0.15, 0.2) is 0 Å². The largest absolute Gasteiger partial charge is 0.352 e. The average Bonchev–Trinajstić information content (AvgIpc) is 3.08. The molecule has 1 atom stereocenters. The van der Waals surface area contributed by atoms with E-state index in [2.05, 4.69) is 5.32 Å². The molecule has 0 heterocycles. The molecule has 258 valence electrons. The first kappa shape index (κ1) is 36.7. The zero-order valence-electron chi connectivity index (χ0n) is 27.5. The van der Waals surface area contributed by atoms with Crippen LogP contribution in [0.3, 0.4) is 0 Å². The molecule has 1 fully saturated rings. The molecule has 7 nitrogen and oxygen atoms in total. The lowest BCUT2D eigenvalue weighted by molar-refractivity contribution is -0.140. The highest BCUT2D eigenvalue weighted by atomic mass is 35.5. The quantitative estimate of drug-likeness (QED) is 0.158. The Morgan fingerprint density at radius 3 is 2.18 bits per heavy atom. The van der Waals surface area contributed by atoms with E-state index in [-0.39, 0.29) is 35.5 Å². The van der Waals surface area contributed by atoms with E-state index >= 15 is 0 Å². The fourth-order valence-electron chi connectivity index (χ4n) is 6.03. The molecule has 1 aliphatic carbocycles. The Morgan fingerprint density at radius 2 is 1.53 bits per heavy atom. The Bertz CT molecular complexity index is 1880. The summed E-state index contributed by atoms with van der Waals surface area (Å²) in [6, 6.07) is 24.7. The van der Waals surface area contributed by atoms with Gasteiger partial charge in [0.25, 0.3) is 10.0 Å². The summed E-state index contributed by atoms with van der Waals surface area (Å²) in [5.74, 6) is -0.890. The van der Waals surface area contributed by atoms with Crippen LogP contribution in [-0.2, 0) is 32.6 Å². The van der Waals surface area contributed by atoms with Crippen LogP contribution in [0.5, 0.6) is 0 Å². The molecule has 4 aromatic rings. The lowest BCUT2D eigenvalue weighted by atomic mass is 9.94. The lowest BCUT2D eigenvalue weighted by Crippen LogP contribution is -2.55. The maximum absolute atomic E-state index is 14.8. The van der Waals surface area contributed by atoms with Crippen molar-refractivity contribution >= 4 is 62.3 Å². The molecular weight excluding hydrogens is 701 g/mol. The van der Waals surface area contributed by atoms with E-state index in [0.29, 0.717) is 20.6 Å². The van der Waals surface area contributed by atoms with Gasteiger partial charge in [-0.15, -0.1) is 0 Å². The second-order valence-corrected chi connectivity index (χ2v) is 15.7. The highest BCUT2D eigenvalue weighted by Gasteiger charge is 2.36. The number of hydrogen-bond acceptors (Lipinski definition) is 4. The summed E-state index contributed by atoms with van der Waals surface area (Å²) < 4.78 is 29.7. The van der Waals surface area contributed by atoms with Crippen LogP contribution in [0.15, 0.2) is 95.9 Å². The van der Waals surface area contributed by atoms with Gasteiger partial charge in [0.2, 0.25) is 11.8 Å². The van der Waals surface area contributed by atoms with Gasteiger partial charge in [-0.05, 0) is 79.8 Å². The van der Waals surface area contributed by atoms with Crippen LogP contribution in [0, 0.1) is 13.8 Å². The summed E-state index contributed by atoms with van der Waals surface area (Å²) in [4.78, 5) is 30.5. The molecule has 0 unspecified atom stereocenters. The summed E-state index contributed by atoms with van der Waals surface area (Å²) in [5.41, 5.74) is 3.28. The second kappa shape index (κ2) is 16.4. The van der Waals surface area contributed by atoms with Crippen LogP contribution in [0.25, 0.3) is 0 Å². The van der Waals surface area contributed by atoms with E-state index in [4.69, 9.17) is 34.8 Å². The smallest absolute Gasteiger partial charge is 0.264 e. The zero-order chi connectivity index (χ0) is 35.1. The minimum absolute atomic E-state index is 0.0105. The predicted molar refractivity (Wildman–Crippen MR) is 198 cm³/mol. The van der Waals surface area contributed by atoms with Crippen molar-refractivity contribution in [1.29, 1.82) is 0 Å². The lowest BCUT2D eigenvalue weighted by Gasteiger charge is -2.35. The van der Waals surface area contributed by atoms with Gasteiger partial charge in [-0.2, -0.15) is 0 Å². The van der Waals surface area contributed by atoms with Crippen LogP contribution < -0.4 is 9.62 Å². The number of carbonyl (C=O) groups excluding carboxylic acids is 2. The Morgan fingerprint density at radius 1 is 0.837 bits per heavy atom. The van der Waals surface area contributed by atoms with Crippen molar-refractivity contribution in [2.45, 2.75) is 75.9 Å². The van der Waals surface area contributed by atoms with Gasteiger partial charge >= 0.3 is 0 Å². The van der Waals surface area contributed by atoms with Crippen molar-refractivity contribution in [2.75, 3.05) is 10.8 Å². The number of amides is 2. The Labute approximate surface area is 304 Å². The van der Waals surface area contributed by atoms with Gasteiger partial charge in [-0.1, -0.05) is 114 Å². The monoisotopic (exact) mass is 739 g/mol. The number of benzene rings is 4. The summed E-state index contributed by atoms with van der Waals surface area (Å²) in [7, 11) is -4.26. The Kier molecular flexibility index (Phi) is 12.3. The minimum atomic E-state index is -4.26. The highest BCUT2D eigenvalue weighted by molar-refractivity contribution is 7.92. The molecule has 1 aliphatic rings. The molecular formula is C38H40Cl3N3O4S. The van der Waals surface area contributed by atoms with E-state index in [1.54, 1.807) is 42.5 Å². The SMILES string of the molecule is Cc1ccc(S(=O)(=O)N(CC(=O)N(Cc2ccc(Cl)cc2Cl)[C@@H](Cc2ccccc2)C(=O)NC2CCCCC2)c2ccc(C)c(Cl)c2)cc1. The molecule has 0 aromatic heterocycles. The third-order valence-corrected chi connectivity index (χ3v) is 11.7. The standard InChI is InChI=1S/C38H40Cl3N3O4S/c1-26-13-19-33(20-14-26)49(47,48)44(32-18-15-27(2)34(40)23-32)25-37(45)43(24-29-16-17-30(39)22-35(29)41)36(21-28-9-5-3-6-10-28)38(46)42-31-11-7-4-8-12-31/h3,5-6,9-10,13-20,22-23,31,36H,4,7-8,11-12,21,24-25H2,1-2H3,(H,42,46)/t36-/m0/s1. The second-order valence-electron chi connectivity index (χ2n) is 12.6. The van der Waals surface area contributed by atoms with Gasteiger partial charge in [-0.25, -0.2) is 8.42 Å². The van der Waals surface area contributed by atoms with Crippen molar-refractivity contribution in [3.63, 3.8) is 0 Å². The van der Waals surface area contributed by atoms with E-state index in [1.165, 1.54) is 23.1 Å². The number of aryl methyl sites for hydroxylation is 2. The number of anilines is 1. The summed E-state index contributed by atoms with van der Waals surface area (Å²) in [6.45, 7) is 3.02. The van der Waals surface area contributed by atoms with E-state index < -0.39 is 28.5 Å². The van der Waals surface area contributed by atoms with E-state index in [0.717, 1.165) is 53.1 Å². The molecule has 11 heteroatoms. The van der Waals surface area contributed by atoms with Crippen LogP contribution >= 0.6 is 34.8 Å². The number of carbonyl (C=O) groups is 2. The van der Waals surface area contributed by atoms with Gasteiger partial charge in [0.1, 0.15) is 12.6 Å². The minimum Gasteiger partial charge on any atom is -0.352 e. The molecule has 0 saturated heterocycles. The van der Waals surface area contributed by atoms with Crippen LogP contribution in [0.1, 0.15) is 54.4 Å². The van der Waals surface area contributed by atoms with Crippen molar-refractivity contribution in [3.8, 4) is 0 Å². The molecule has 1 N–H and O–H groups in total. The average molecular weight is 741 g/mol. The van der Waals surface area contributed by atoms with Crippen LogP contribution in [0.4, 0.5) is 5.69 Å². The number of halogens is 3. The van der Waals surface area contributed by atoms with Crippen molar-refractivity contribution in [2.24, 2.45) is 0 Å². The van der Waals surface area contributed by atoms with E-state index in [1.807, 2.05) is 44.2 Å². The highest BCUT2D eigenvalue weighted by Crippen LogP contribution is 2.30. The number of rotatable bonds is 12. The molecule has 49 heavy (non-hydrogen) atoms. The normalized spacial score (nSPS) is 14.2. The van der Waals surface area contributed by atoms with Gasteiger partial charge in [0.05, 0.1) is 10.6 Å². The van der Waals surface area contributed by atoms with Gasteiger partial charge in [0, 0.05) is 34.1 Å². The van der Waals surface area contributed by atoms with Crippen molar-refractivity contribution < 1.29 is 18.0 Å². The Hall–Kier alpha value is -3.56. The fourth-order valence-corrected chi connectivity index (χ4v) is 8.08. The summed E-state index contributed by atoms with van der Waals surface area (Å²) in [6.07, 6.45) is 5.07. The Balaban J connectivity index is 1.59. The summed E-state index contributed by atoms with van der Waals surface area (Å²) >= 11 is 19.3. The molecule has 2 amide bonds. The fraction of sp³-hybridized carbons (Fsp3) is 0.316. The first-order chi connectivity index (χ1) is 23.4. The zero-order valence-corrected chi connectivity index (χ0v) is 30.6. The van der Waals surface area contributed by atoms with Crippen molar-refractivity contribution in [1.82, 2.24) is 10.2 Å². The topological polar surface area (TPSA) is 86.8 Å². The number of nitrogens with one attached hydrogen (secondary N) is 1. The number of sulfonamides is 1. The maximum atomic E-state index is 14.8. The molecule has 0 bridgehead atoms. The number of hydrogen-bond donors (Lipinski definition) is 1.